The molecule has 5 heteroatoms. The number of hydrogen-bond acceptors (Lipinski definition) is 4. The molecule has 144 valence electrons. The van der Waals surface area contributed by atoms with Crippen LogP contribution in [0.1, 0.15) is 55.2 Å². The zero-order chi connectivity index (χ0) is 20.4. The lowest BCUT2D eigenvalue weighted by Gasteiger charge is -2.25. The Morgan fingerprint density at radius 3 is 2.48 bits per heavy atom. The number of amides is 1. The first kappa shape index (κ1) is 18.6. The van der Waals surface area contributed by atoms with E-state index in [1.807, 2.05) is 30.3 Å². The Morgan fingerprint density at radius 1 is 0.931 bits per heavy atom. The van der Waals surface area contributed by atoms with E-state index in [2.05, 4.69) is 5.32 Å². The fourth-order valence-electron chi connectivity index (χ4n) is 3.41. The number of carbonyl (C=O) groups excluding carboxylic acids is 3. The van der Waals surface area contributed by atoms with Crippen LogP contribution in [-0.2, 0) is 11.2 Å². The molecule has 0 radical (unpaired) electrons. The fraction of sp³-hybridized carbons (Fsp3) is 0.125. The van der Waals surface area contributed by atoms with Crippen molar-refractivity contribution in [3.63, 3.8) is 0 Å². The van der Waals surface area contributed by atoms with Crippen molar-refractivity contribution in [3.8, 4) is 0 Å². The number of carbonyl (C=O) groups is 3. The Morgan fingerprint density at radius 2 is 1.72 bits per heavy atom. The summed E-state index contributed by atoms with van der Waals surface area (Å²) in [4.78, 5) is 36.6. The van der Waals surface area contributed by atoms with Crippen molar-refractivity contribution >= 4 is 23.3 Å². The van der Waals surface area contributed by atoms with E-state index in [-0.39, 0.29) is 23.8 Å². The van der Waals surface area contributed by atoms with E-state index in [9.17, 15) is 14.4 Å². The third-order valence-corrected chi connectivity index (χ3v) is 4.94. The van der Waals surface area contributed by atoms with Crippen LogP contribution in [0.5, 0.6) is 0 Å². The van der Waals surface area contributed by atoms with Gasteiger partial charge >= 0.3 is 5.97 Å². The highest BCUT2D eigenvalue weighted by atomic mass is 16.5. The largest absolute Gasteiger partial charge is 0.454 e. The number of anilines is 1. The number of fused-ring (bicyclic) bond motifs is 1. The van der Waals surface area contributed by atoms with Crippen LogP contribution in [0.2, 0.25) is 0 Å². The van der Waals surface area contributed by atoms with Gasteiger partial charge in [-0.2, -0.15) is 0 Å². The van der Waals surface area contributed by atoms with Gasteiger partial charge in [0.15, 0.2) is 5.78 Å². The topological polar surface area (TPSA) is 72.5 Å². The molecular weight excluding hydrogens is 366 g/mol. The molecule has 0 aliphatic carbocycles. The molecule has 1 heterocycles. The van der Waals surface area contributed by atoms with Gasteiger partial charge in [0, 0.05) is 23.2 Å². The maximum Gasteiger partial charge on any atom is 0.339 e. The van der Waals surface area contributed by atoms with E-state index < -0.39 is 0 Å². The Bertz CT molecular complexity index is 1100. The standard InChI is InChI=1S/C24H19NO4/c1-15(26)17-8-5-9-20(13-17)25-23(27)18-10-11-21-19(12-18)14-22(29-24(21)28)16-6-3-2-4-7-16/h2-13,22H,14H2,1H3,(H,25,27)/t22-/m0/s1. The molecule has 0 saturated heterocycles. The van der Waals surface area contributed by atoms with Gasteiger partial charge < -0.3 is 10.1 Å². The lowest BCUT2D eigenvalue weighted by molar-refractivity contribution is 0.0252. The van der Waals surface area contributed by atoms with Crippen LogP contribution < -0.4 is 5.32 Å². The molecule has 1 aliphatic heterocycles. The van der Waals surface area contributed by atoms with Gasteiger partial charge in [-0.3, -0.25) is 9.59 Å². The quantitative estimate of drug-likeness (QED) is 0.526. The molecule has 3 aromatic carbocycles. The number of benzene rings is 3. The molecule has 0 unspecified atom stereocenters. The van der Waals surface area contributed by atoms with Crippen LogP contribution in [0.25, 0.3) is 0 Å². The molecular formula is C24H19NO4. The highest BCUT2D eigenvalue weighted by molar-refractivity contribution is 6.06. The van der Waals surface area contributed by atoms with Crippen LogP contribution in [0.4, 0.5) is 5.69 Å². The second-order valence-corrected chi connectivity index (χ2v) is 6.97. The normalized spacial score (nSPS) is 15.2. The molecule has 1 atom stereocenters. The molecule has 0 aromatic heterocycles. The molecule has 0 saturated carbocycles. The first-order chi connectivity index (χ1) is 14.0. The number of ether oxygens (including phenoxy) is 1. The van der Waals surface area contributed by atoms with E-state index in [1.54, 1.807) is 42.5 Å². The molecule has 0 bridgehead atoms. The van der Waals surface area contributed by atoms with Gasteiger partial charge in [0.25, 0.3) is 5.91 Å². The maximum absolute atomic E-state index is 12.7. The van der Waals surface area contributed by atoms with Gasteiger partial charge in [-0.15, -0.1) is 0 Å². The Balaban J connectivity index is 1.58. The lowest BCUT2D eigenvalue weighted by Crippen LogP contribution is -2.23. The van der Waals surface area contributed by atoms with Gasteiger partial charge in [-0.1, -0.05) is 42.5 Å². The minimum Gasteiger partial charge on any atom is -0.454 e. The van der Waals surface area contributed by atoms with Gasteiger partial charge in [0.1, 0.15) is 6.10 Å². The zero-order valence-corrected chi connectivity index (χ0v) is 15.8. The third kappa shape index (κ3) is 3.94. The van der Waals surface area contributed by atoms with E-state index in [0.717, 1.165) is 11.1 Å². The van der Waals surface area contributed by atoms with Crippen molar-refractivity contribution in [2.24, 2.45) is 0 Å². The van der Waals surface area contributed by atoms with Crippen LogP contribution in [0.15, 0.2) is 72.8 Å². The van der Waals surface area contributed by atoms with Crippen molar-refractivity contribution in [2.45, 2.75) is 19.4 Å². The minimum absolute atomic E-state index is 0.0691. The van der Waals surface area contributed by atoms with E-state index in [4.69, 9.17) is 4.74 Å². The van der Waals surface area contributed by atoms with E-state index >= 15 is 0 Å². The maximum atomic E-state index is 12.7. The second kappa shape index (κ2) is 7.72. The number of rotatable bonds is 4. The zero-order valence-electron chi connectivity index (χ0n) is 15.8. The molecule has 1 aliphatic rings. The summed E-state index contributed by atoms with van der Waals surface area (Å²) in [6, 6.07) is 21.3. The Labute approximate surface area is 168 Å². The monoisotopic (exact) mass is 385 g/mol. The van der Waals surface area contributed by atoms with Crippen molar-refractivity contribution in [1.82, 2.24) is 0 Å². The summed E-state index contributed by atoms with van der Waals surface area (Å²) in [7, 11) is 0. The predicted octanol–water partition coefficient (Wildman–Crippen LogP) is 4.60. The molecule has 1 amide bonds. The van der Waals surface area contributed by atoms with Gasteiger partial charge in [-0.05, 0) is 48.4 Å². The van der Waals surface area contributed by atoms with Gasteiger partial charge in [0.2, 0.25) is 0 Å². The van der Waals surface area contributed by atoms with E-state index in [1.165, 1.54) is 6.92 Å². The summed E-state index contributed by atoms with van der Waals surface area (Å²) in [5.41, 5.74) is 3.69. The molecule has 3 aromatic rings. The van der Waals surface area contributed by atoms with Crippen molar-refractivity contribution in [3.05, 3.63) is 101 Å². The van der Waals surface area contributed by atoms with Crippen molar-refractivity contribution in [1.29, 1.82) is 0 Å². The summed E-state index contributed by atoms with van der Waals surface area (Å²) in [6.07, 6.45) is 0.133. The SMILES string of the molecule is CC(=O)c1cccc(NC(=O)c2ccc3c(c2)C[C@@H](c2ccccc2)OC3=O)c1. The van der Waals surface area contributed by atoms with Crippen LogP contribution in [-0.4, -0.2) is 17.7 Å². The summed E-state index contributed by atoms with van der Waals surface area (Å²) >= 11 is 0. The second-order valence-electron chi connectivity index (χ2n) is 6.97. The molecule has 29 heavy (non-hydrogen) atoms. The summed E-state index contributed by atoms with van der Waals surface area (Å²) in [5.74, 6) is -0.759. The predicted molar refractivity (Wildman–Crippen MR) is 109 cm³/mol. The molecule has 0 fully saturated rings. The first-order valence-corrected chi connectivity index (χ1v) is 9.32. The average molecular weight is 385 g/mol. The summed E-state index contributed by atoms with van der Waals surface area (Å²) < 4.78 is 5.56. The number of Topliss-reactive ketones (excluding diaryl/α,β-unsaturated/α-hetero) is 1. The Kier molecular flexibility index (Phi) is 4.96. The van der Waals surface area contributed by atoms with E-state index in [0.29, 0.717) is 28.8 Å². The van der Waals surface area contributed by atoms with Crippen molar-refractivity contribution < 1.29 is 19.1 Å². The number of nitrogens with one attached hydrogen (secondary N) is 1. The third-order valence-electron chi connectivity index (χ3n) is 4.94. The van der Waals surface area contributed by atoms with Gasteiger partial charge in [0.05, 0.1) is 5.56 Å². The first-order valence-electron chi connectivity index (χ1n) is 9.32. The molecule has 1 N–H and O–H groups in total. The summed E-state index contributed by atoms with van der Waals surface area (Å²) in [5, 5.41) is 2.81. The smallest absolute Gasteiger partial charge is 0.339 e. The number of hydrogen-bond donors (Lipinski definition) is 1. The van der Waals surface area contributed by atoms with Crippen LogP contribution >= 0.6 is 0 Å². The lowest BCUT2D eigenvalue weighted by atomic mass is 9.93. The van der Waals surface area contributed by atoms with Gasteiger partial charge in [-0.25, -0.2) is 4.79 Å². The molecule has 4 rings (SSSR count). The highest BCUT2D eigenvalue weighted by Gasteiger charge is 2.28. The van der Waals surface area contributed by atoms with Crippen LogP contribution in [0, 0.1) is 0 Å². The van der Waals surface area contributed by atoms with Crippen LogP contribution in [0.3, 0.4) is 0 Å². The van der Waals surface area contributed by atoms with Crippen molar-refractivity contribution in [2.75, 3.05) is 5.32 Å². The molecule has 0 spiro atoms. The highest BCUT2D eigenvalue weighted by Crippen LogP contribution is 2.31. The molecule has 5 nitrogen and oxygen atoms in total. The number of esters is 1. The number of ketones is 1. The summed E-state index contributed by atoms with van der Waals surface area (Å²) in [6.45, 7) is 1.48. The number of cyclic esters (lactones) is 1. The average Bonchev–Trinajstić information content (AvgIpc) is 2.74. The minimum atomic E-state index is -0.388. The fourth-order valence-corrected chi connectivity index (χ4v) is 3.41. The Hall–Kier alpha value is -3.73.